The Morgan fingerprint density at radius 1 is 1.13 bits per heavy atom. The Morgan fingerprint density at radius 3 is 2.60 bits per heavy atom. The molecule has 0 unspecified atom stereocenters. The van der Waals surface area contributed by atoms with Crippen LogP contribution in [0.4, 0.5) is 5.69 Å². The second kappa shape index (κ2) is 8.41. The number of halogens is 1. The Hall–Kier alpha value is -2.98. The normalized spacial score (nSPS) is 10.9. The van der Waals surface area contributed by atoms with Gasteiger partial charge in [-0.05, 0) is 52.3 Å². The van der Waals surface area contributed by atoms with Crippen molar-refractivity contribution in [3.63, 3.8) is 0 Å². The predicted molar refractivity (Wildman–Crippen MR) is 119 cm³/mol. The van der Waals surface area contributed by atoms with Crippen LogP contribution in [0.3, 0.4) is 0 Å². The lowest BCUT2D eigenvalue weighted by Crippen LogP contribution is -2.13. The molecule has 0 atom stereocenters. The van der Waals surface area contributed by atoms with Crippen LogP contribution in [0.1, 0.15) is 23.1 Å². The summed E-state index contributed by atoms with van der Waals surface area (Å²) in [5.41, 5.74) is 1.88. The fourth-order valence-corrected chi connectivity index (χ4v) is 4.33. The van der Waals surface area contributed by atoms with Crippen LogP contribution in [0.2, 0.25) is 0 Å². The Morgan fingerprint density at radius 2 is 1.90 bits per heavy atom. The molecule has 154 valence electrons. The van der Waals surface area contributed by atoms with Crippen molar-refractivity contribution in [2.24, 2.45) is 0 Å². The third-order valence-electron chi connectivity index (χ3n) is 4.48. The number of hydrogen-bond donors (Lipinski definition) is 1. The molecule has 2 aromatic carbocycles. The molecule has 4 aromatic rings. The first kappa shape index (κ1) is 20.3. The summed E-state index contributed by atoms with van der Waals surface area (Å²) in [6.45, 7) is 2.01. The van der Waals surface area contributed by atoms with E-state index in [2.05, 4.69) is 36.5 Å². The first-order chi connectivity index (χ1) is 14.5. The molecule has 8 nitrogen and oxygen atoms in total. The summed E-state index contributed by atoms with van der Waals surface area (Å²) in [5.74, 6) is 1.75. The van der Waals surface area contributed by atoms with E-state index in [4.69, 9.17) is 9.47 Å². The lowest BCUT2D eigenvalue weighted by Gasteiger charge is -2.12. The summed E-state index contributed by atoms with van der Waals surface area (Å²) in [5, 5.41) is 16.6. The molecule has 0 aliphatic carbocycles. The molecule has 2 aromatic heterocycles. The second-order valence-electron chi connectivity index (χ2n) is 6.29. The molecule has 0 fully saturated rings. The topological polar surface area (TPSA) is 90.6 Å². The van der Waals surface area contributed by atoms with Gasteiger partial charge in [-0.2, -0.15) is 9.61 Å². The monoisotopic (exact) mass is 487 g/mol. The zero-order chi connectivity index (χ0) is 21.3. The fraction of sp³-hybridized carbons (Fsp3) is 0.200. The molecule has 30 heavy (non-hydrogen) atoms. The Balaban J connectivity index is 1.66. The van der Waals surface area contributed by atoms with E-state index in [0.717, 1.165) is 27.8 Å². The van der Waals surface area contributed by atoms with E-state index in [0.29, 0.717) is 27.2 Å². The molecular weight excluding hydrogens is 470 g/mol. The molecule has 10 heteroatoms. The molecule has 2 heterocycles. The van der Waals surface area contributed by atoms with E-state index in [1.54, 1.807) is 43.0 Å². The summed E-state index contributed by atoms with van der Waals surface area (Å²) in [6, 6.07) is 10.7. The van der Waals surface area contributed by atoms with Crippen molar-refractivity contribution >= 4 is 43.8 Å². The lowest BCUT2D eigenvalue weighted by molar-refractivity contribution is 0.102. The number of aromatic nitrogens is 4. The number of benzene rings is 2. The molecule has 1 amide bonds. The number of rotatable bonds is 6. The van der Waals surface area contributed by atoms with E-state index >= 15 is 0 Å². The fourth-order valence-electron chi connectivity index (χ4n) is 2.94. The van der Waals surface area contributed by atoms with Crippen LogP contribution in [-0.2, 0) is 6.42 Å². The smallest absolute Gasteiger partial charge is 0.255 e. The largest absolute Gasteiger partial charge is 0.496 e. The molecule has 0 bridgehead atoms. The van der Waals surface area contributed by atoms with Crippen molar-refractivity contribution in [2.45, 2.75) is 13.3 Å². The van der Waals surface area contributed by atoms with E-state index < -0.39 is 0 Å². The number of methoxy groups -OCH3 is 2. The molecule has 0 radical (unpaired) electrons. The molecule has 1 N–H and O–H groups in total. The maximum Gasteiger partial charge on any atom is 0.255 e. The minimum absolute atomic E-state index is 0.264. The van der Waals surface area contributed by atoms with E-state index in [-0.39, 0.29) is 5.91 Å². The zero-order valence-corrected chi connectivity index (χ0v) is 18.9. The first-order valence-corrected chi connectivity index (χ1v) is 10.7. The summed E-state index contributed by atoms with van der Waals surface area (Å²) in [7, 11) is 3.14. The minimum atomic E-state index is -0.264. The number of carbonyl (C=O) groups is 1. The van der Waals surface area contributed by atoms with Gasteiger partial charge in [-0.15, -0.1) is 10.2 Å². The van der Waals surface area contributed by atoms with E-state index in [1.807, 2.05) is 19.1 Å². The van der Waals surface area contributed by atoms with Gasteiger partial charge in [0.2, 0.25) is 4.96 Å². The molecule has 4 rings (SSSR count). The SMILES string of the molecule is CCc1nnc2sc(-c3ccc(OC)c(NC(=O)c4ccc(OC)c(Br)c4)c3)nn12. The highest BCUT2D eigenvalue weighted by atomic mass is 79.9. The average molecular weight is 488 g/mol. The third kappa shape index (κ3) is 3.75. The number of hydrogen-bond acceptors (Lipinski definition) is 7. The van der Waals surface area contributed by atoms with Crippen molar-refractivity contribution in [3.05, 3.63) is 52.3 Å². The molecular formula is C20H18BrN5O3S. The summed E-state index contributed by atoms with van der Waals surface area (Å²) in [6.07, 6.45) is 0.742. The Kier molecular flexibility index (Phi) is 5.69. The van der Waals surface area contributed by atoms with Gasteiger partial charge in [0.1, 0.15) is 16.5 Å². The maximum atomic E-state index is 12.8. The number of carbonyl (C=O) groups excluding carboxylic acids is 1. The highest BCUT2D eigenvalue weighted by molar-refractivity contribution is 9.10. The number of amides is 1. The van der Waals surface area contributed by atoms with Gasteiger partial charge in [0.25, 0.3) is 5.91 Å². The van der Waals surface area contributed by atoms with Crippen LogP contribution >= 0.6 is 27.3 Å². The van der Waals surface area contributed by atoms with Crippen LogP contribution in [0.15, 0.2) is 40.9 Å². The standard InChI is InChI=1S/C20H18BrN5O3S/c1-4-17-23-24-20-26(17)25-19(30-20)12-6-8-16(29-3)14(10-12)22-18(27)11-5-7-15(28-2)13(21)9-11/h5-10H,4H2,1-3H3,(H,22,27). The van der Waals surface area contributed by atoms with Gasteiger partial charge >= 0.3 is 0 Å². The first-order valence-electron chi connectivity index (χ1n) is 9.08. The maximum absolute atomic E-state index is 12.8. The Labute approximate surface area is 185 Å². The van der Waals surface area contributed by atoms with Crippen LogP contribution in [-0.4, -0.2) is 39.9 Å². The summed E-state index contributed by atoms with van der Waals surface area (Å²) < 4.78 is 13.1. The number of fused-ring (bicyclic) bond motifs is 1. The molecule has 0 saturated carbocycles. The van der Waals surface area contributed by atoms with Crippen LogP contribution < -0.4 is 14.8 Å². The summed E-state index contributed by atoms with van der Waals surface area (Å²) >= 11 is 4.84. The minimum Gasteiger partial charge on any atom is -0.496 e. The quantitative estimate of drug-likeness (QED) is 0.432. The van der Waals surface area contributed by atoms with Crippen molar-refractivity contribution in [1.82, 2.24) is 19.8 Å². The van der Waals surface area contributed by atoms with Crippen LogP contribution in [0.25, 0.3) is 15.5 Å². The van der Waals surface area contributed by atoms with Gasteiger partial charge in [-0.1, -0.05) is 18.3 Å². The van der Waals surface area contributed by atoms with Crippen molar-refractivity contribution in [2.75, 3.05) is 19.5 Å². The average Bonchev–Trinajstić information content (AvgIpc) is 3.34. The number of anilines is 1. The highest BCUT2D eigenvalue weighted by Gasteiger charge is 2.16. The molecule has 0 aliphatic heterocycles. The number of ether oxygens (including phenoxy) is 2. The van der Waals surface area contributed by atoms with Gasteiger partial charge in [0.05, 0.1) is 24.4 Å². The van der Waals surface area contributed by atoms with Crippen molar-refractivity contribution in [1.29, 1.82) is 0 Å². The number of aryl methyl sites for hydroxylation is 1. The van der Waals surface area contributed by atoms with Crippen molar-refractivity contribution in [3.8, 4) is 22.1 Å². The predicted octanol–water partition coefficient (Wildman–Crippen LogP) is 4.45. The number of nitrogens with one attached hydrogen (secondary N) is 1. The zero-order valence-electron chi connectivity index (χ0n) is 16.5. The van der Waals surface area contributed by atoms with Gasteiger partial charge in [0, 0.05) is 17.5 Å². The van der Waals surface area contributed by atoms with E-state index in [1.165, 1.54) is 11.3 Å². The van der Waals surface area contributed by atoms with Crippen LogP contribution in [0.5, 0.6) is 11.5 Å². The molecule has 0 saturated heterocycles. The lowest BCUT2D eigenvalue weighted by atomic mass is 10.1. The Bertz CT molecular complexity index is 1240. The highest BCUT2D eigenvalue weighted by Crippen LogP contribution is 2.33. The van der Waals surface area contributed by atoms with Crippen molar-refractivity contribution < 1.29 is 14.3 Å². The second-order valence-corrected chi connectivity index (χ2v) is 8.10. The van der Waals surface area contributed by atoms with E-state index in [9.17, 15) is 4.79 Å². The van der Waals surface area contributed by atoms with Gasteiger partial charge < -0.3 is 14.8 Å². The molecule has 0 aliphatic rings. The summed E-state index contributed by atoms with van der Waals surface area (Å²) in [4.78, 5) is 13.5. The van der Waals surface area contributed by atoms with Gasteiger partial charge in [0.15, 0.2) is 5.82 Å². The van der Waals surface area contributed by atoms with Gasteiger partial charge in [-0.3, -0.25) is 4.79 Å². The van der Waals surface area contributed by atoms with Crippen LogP contribution in [0, 0.1) is 0 Å². The molecule has 0 spiro atoms. The third-order valence-corrected chi connectivity index (χ3v) is 6.05. The number of nitrogens with zero attached hydrogens (tertiary/aromatic N) is 4. The van der Waals surface area contributed by atoms with Gasteiger partial charge in [-0.25, -0.2) is 0 Å².